The van der Waals surface area contributed by atoms with Crippen molar-refractivity contribution in [3.63, 3.8) is 0 Å². The summed E-state index contributed by atoms with van der Waals surface area (Å²) in [6, 6.07) is 12.6. The molecule has 172 valence electrons. The Hall–Kier alpha value is -2.73. The average molecular weight is 459 g/mol. The summed E-state index contributed by atoms with van der Waals surface area (Å²) in [7, 11) is 0. The third-order valence-electron chi connectivity index (χ3n) is 5.55. The van der Waals surface area contributed by atoms with Gasteiger partial charge in [-0.2, -0.15) is 0 Å². The van der Waals surface area contributed by atoms with Gasteiger partial charge in [0.25, 0.3) is 0 Å². The molecule has 1 aliphatic rings. The molecule has 0 saturated heterocycles. The maximum Gasteiger partial charge on any atom is 0.242 e. The van der Waals surface area contributed by atoms with Gasteiger partial charge in [0.2, 0.25) is 18.6 Å². The first-order valence-corrected chi connectivity index (χ1v) is 11.6. The molecule has 1 aliphatic heterocycles. The van der Waals surface area contributed by atoms with Crippen LogP contribution in [0.1, 0.15) is 50.7 Å². The number of amides is 2. The summed E-state index contributed by atoms with van der Waals surface area (Å²) in [4.78, 5) is 27.9. The number of hydrogen-bond donors (Lipinski definition) is 1. The van der Waals surface area contributed by atoms with Crippen LogP contribution in [0.2, 0.25) is 5.02 Å². The highest BCUT2D eigenvalue weighted by Crippen LogP contribution is 2.32. The van der Waals surface area contributed by atoms with Crippen LogP contribution < -0.4 is 14.8 Å². The van der Waals surface area contributed by atoms with E-state index in [9.17, 15) is 9.59 Å². The predicted octanol–water partition coefficient (Wildman–Crippen LogP) is 4.73. The topological polar surface area (TPSA) is 67.9 Å². The van der Waals surface area contributed by atoms with E-state index in [0.717, 1.165) is 29.7 Å². The van der Waals surface area contributed by atoms with Crippen LogP contribution in [0.15, 0.2) is 42.5 Å². The molecule has 2 amide bonds. The van der Waals surface area contributed by atoms with Gasteiger partial charge < -0.3 is 19.7 Å². The van der Waals surface area contributed by atoms with E-state index in [2.05, 4.69) is 12.2 Å². The Bertz CT molecular complexity index is 917. The zero-order valence-corrected chi connectivity index (χ0v) is 19.5. The van der Waals surface area contributed by atoms with Gasteiger partial charge in [0.1, 0.15) is 6.04 Å². The molecule has 2 aromatic carbocycles. The number of rotatable bonds is 11. The first-order chi connectivity index (χ1) is 15.5. The highest BCUT2D eigenvalue weighted by Gasteiger charge is 2.28. The number of hydrogen-bond acceptors (Lipinski definition) is 4. The molecule has 0 fully saturated rings. The van der Waals surface area contributed by atoms with E-state index in [4.69, 9.17) is 21.1 Å². The lowest BCUT2D eigenvalue weighted by Gasteiger charge is -2.31. The third kappa shape index (κ3) is 6.39. The Kier molecular flexibility index (Phi) is 8.80. The second-order valence-electron chi connectivity index (χ2n) is 7.90. The van der Waals surface area contributed by atoms with Gasteiger partial charge in [0.15, 0.2) is 11.5 Å². The molecule has 1 heterocycles. The Balaban J connectivity index is 1.72. The third-order valence-corrected chi connectivity index (χ3v) is 5.80. The largest absolute Gasteiger partial charge is 0.454 e. The van der Waals surface area contributed by atoms with Crippen LogP contribution in [0, 0.1) is 0 Å². The highest BCUT2D eigenvalue weighted by atomic mass is 35.5. The molecular weight excluding hydrogens is 428 g/mol. The maximum atomic E-state index is 13.3. The monoisotopic (exact) mass is 458 g/mol. The molecule has 3 rings (SSSR count). The van der Waals surface area contributed by atoms with Gasteiger partial charge in [0.05, 0.1) is 0 Å². The van der Waals surface area contributed by atoms with Gasteiger partial charge in [-0.15, -0.1) is 0 Å². The van der Waals surface area contributed by atoms with E-state index in [1.807, 2.05) is 37.3 Å². The van der Waals surface area contributed by atoms with Gasteiger partial charge in [-0.3, -0.25) is 9.59 Å². The molecule has 1 unspecified atom stereocenters. The van der Waals surface area contributed by atoms with Crippen molar-refractivity contribution in [2.24, 2.45) is 0 Å². The van der Waals surface area contributed by atoms with Crippen LogP contribution in [0.3, 0.4) is 0 Å². The minimum atomic E-state index is -0.521. The number of carbonyl (C=O) groups is 2. The van der Waals surface area contributed by atoms with Crippen molar-refractivity contribution in [2.45, 2.75) is 58.5 Å². The Labute approximate surface area is 194 Å². The van der Waals surface area contributed by atoms with Crippen LogP contribution in [-0.2, 0) is 22.6 Å². The number of carbonyl (C=O) groups excluding carboxylic acids is 2. The summed E-state index contributed by atoms with van der Waals surface area (Å²) in [6.07, 6.45) is 3.31. The molecule has 32 heavy (non-hydrogen) atoms. The van der Waals surface area contributed by atoms with Crippen LogP contribution in [-0.4, -0.2) is 36.1 Å². The summed E-state index contributed by atoms with van der Waals surface area (Å²) in [5.41, 5.74) is 1.93. The summed E-state index contributed by atoms with van der Waals surface area (Å²) in [5, 5.41) is 3.62. The fourth-order valence-corrected chi connectivity index (χ4v) is 3.83. The van der Waals surface area contributed by atoms with Crippen molar-refractivity contribution in [3.05, 3.63) is 58.6 Å². The number of nitrogens with zero attached hydrogens (tertiary/aromatic N) is 1. The van der Waals surface area contributed by atoms with E-state index in [0.29, 0.717) is 43.1 Å². The number of fused-ring (bicyclic) bond motifs is 1. The lowest BCUT2D eigenvalue weighted by atomic mass is 10.1. The molecule has 0 radical (unpaired) electrons. The second kappa shape index (κ2) is 11.8. The second-order valence-corrected chi connectivity index (χ2v) is 8.34. The Morgan fingerprint density at radius 3 is 2.50 bits per heavy atom. The number of unbranched alkanes of at least 4 members (excludes halogenated alkanes) is 1. The first kappa shape index (κ1) is 23.9. The molecule has 0 bridgehead atoms. The minimum absolute atomic E-state index is 0.0601. The van der Waals surface area contributed by atoms with Gasteiger partial charge in [-0.25, -0.2) is 0 Å². The van der Waals surface area contributed by atoms with E-state index >= 15 is 0 Å². The fraction of sp³-hybridized carbons (Fsp3) is 0.440. The normalized spacial score (nSPS) is 13.0. The van der Waals surface area contributed by atoms with Crippen LogP contribution in [0.5, 0.6) is 11.5 Å². The number of aryl methyl sites for hydroxylation is 1. The van der Waals surface area contributed by atoms with E-state index in [1.165, 1.54) is 0 Å². The molecule has 0 spiro atoms. The molecule has 2 aromatic rings. The predicted molar refractivity (Wildman–Crippen MR) is 125 cm³/mol. The van der Waals surface area contributed by atoms with E-state index < -0.39 is 6.04 Å². The molecule has 1 atom stereocenters. The molecule has 6 nitrogen and oxygen atoms in total. The smallest absolute Gasteiger partial charge is 0.242 e. The molecular formula is C25H31ClN2O4. The Morgan fingerprint density at radius 2 is 1.78 bits per heavy atom. The lowest BCUT2D eigenvalue weighted by molar-refractivity contribution is -0.141. The van der Waals surface area contributed by atoms with Crippen molar-refractivity contribution in [3.8, 4) is 11.5 Å². The zero-order valence-electron chi connectivity index (χ0n) is 18.7. The summed E-state index contributed by atoms with van der Waals surface area (Å²) >= 11 is 6.02. The van der Waals surface area contributed by atoms with Crippen molar-refractivity contribution in [1.29, 1.82) is 0 Å². The fourth-order valence-electron chi connectivity index (χ4n) is 3.70. The van der Waals surface area contributed by atoms with Gasteiger partial charge in [-0.05, 0) is 54.7 Å². The summed E-state index contributed by atoms with van der Waals surface area (Å²) in [6.45, 7) is 5.21. The van der Waals surface area contributed by atoms with Crippen molar-refractivity contribution < 1.29 is 19.1 Å². The van der Waals surface area contributed by atoms with E-state index in [-0.39, 0.29) is 18.6 Å². The quantitative estimate of drug-likeness (QED) is 0.494. The number of nitrogens with one attached hydrogen (secondary N) is 1. The molecule has 0 aromatic heterocycles. The number of halogens is 1. The average Bonchev–Trinajstić information content (AvgIpc) is 3.27. The molecule has 0 saturated carbocycles. The van der Waals surface area contributed by atoms with Crippen LogP contribution >= 0.6 is 11.6 Å². The zero-order chi connectivity index (χ0) is 22.9. The van der Waals surface area contributed by atoms with Gasteiger partial charge >= 0.3 is 0 Å². The maximum absolute atomic E-state index is 13.3. The molecule has 1 N–H and O–H groups in total. The van der Waals surface area contributed by atoms with E-state index in [1.54, 1.807) is 17.0 Å². The summed E-state index contributed by atoms with van der Waals surface area (Å²) < 4.78 is 10.8. The van der Waals surface area contributed by atoms with Gasteiger partial charge in [-0.1, -0.05) is 50.1 Å². The first-order valence-electron chi connectivity index (χ1n) is 11.2. The van der Waals surface area contributed by atoms with Gasteiger partial charge in [0, 0.05) is 24.5 Å². The standard InChI is InChI=1S/C25H31ClN2O4/c1-3-5-14-27-25(30)21(4-2)28(16-19-6-10-20(26)11-7-19)24(29)13-9-18-8-12-22-23(15-18)32-17-31-22/h6-8,10-12,15,21H,3-5,9,13-14,16-17H2,1-2H3,(H,27,30). The summed E-state index contributed by atoms with van der Waals surface area (Å²) in [5.74, 6) is 1.26. The number of ether oxygens (including phenoxy) is 2. The molecule has 0 aliphatic carbocycles. The van der Waals surface area contributed by atoms with Crippen LogP contribution in [0.4, 0.5) is 0 Å². The van der Waals surface area contributed by atoms with Crippen molar-refractivity contribution >= 4 is 23.4 Å². The lowest BCUT2D eigenvalue weighted by Crippen LogP contribution is -2.49. The number of benzene rings is 2. The van der Waals surface area contributed by atoms with Crippen LogP contribution in [0.25, 0.3) is 0 Å². The van der Waals surface area contributed by atoms with Crippen molar-refractivity contribution in [2.75, 3.05) is 13.3 Å². The Morgan fingerprint density at radius 1 is 1.06 bits per heavy atom. The SMILES string of the molecule is CCCCNC(=O)C(CC)N(Cc1ccc(Cl)cc1)C(=O)CCc1ccc2c(c1)OCO2. The molecule has 7 heteroatoms. The highest BCUT2D eigenvalue weighted by molar-refractivity contribution is 6.30. The van der Waals surface area contributed by atoms with Crippen molar-refractivity contribution in [1.82, 2.24) is 10.2 Å². The minimum Gasteiger partial charge on any atom is -0.454 e.